The minimum atomic E-state index is -0.221. The maximum absolute atomic E-state index is 12.1. The number of benzene rings is 2. The summed E-state index contributed by atoms with van der Waals surface area (Å²) in [6.07, 6.45) is 3.23. The number of nitrogens with one attached hydrogen (secondary N) is 1. The largest absolute Gasteiger partial charge is 0.496 e. The van der Waals surface area contributed by atoms with E-state index in [-0.39, 0.29) is 5.91 Å². The highest BCUT2D eigenvalue weighted by molar-refractivity contribution is 9.10. The Bertz CT molecular complexity index is 907. The third kappa shape index (κ3) is 4.55. The Morgan fingerprint density at radius 3 is 2.76 bits per heavy atom. The van der Waals surface area contributed by atoms with Gasteiger partial charge < -0.3 is 4.74 Å². The first kappa shape index (κ1) is 17.4. The van der Waals surface area contributed by atoms with Gasteiger partial charge in [-0.05, 0) is 39.7 Å². The molecular weight excluding hydrogens is 400 g/mol. The van der Waals surface area contributed by atoms with Gasteiger partial charge in [0.2, 0.25) is 5.91 Å². The lowest BCUT2D eigenvalue weighted by atomic mass is 10.2. The van der Waals surface area contributed by atoms with Crippen LogP contribution < -0.4 is 10.1 Å². The third-order valence-electron chi connectivity index (χ3n) is 3.41. The summed E-state index contributed by atoms with van der Waals surface area (Å²) >= 11 is 4.83. The molecule has 0 aliphatic heterocycles. The van der Waals surface area contributed by atoms with Gasteiger partial charge in [0.05, 0.1) is 17.3 Å². The number of carbonyl (C=O) groups excluding carboxylic acids is 1. The molecule has 3 aromatic rings. The van der Waals surface area contributed by atoms with Gasteiger partial charge in [-0.25, -0.2) is 4.98 Å². The molecule has 3 rings (SSSR count). The molecule has 0 saturated carbocycles. The second kappa shape index (κ2) is 8.09. The van der Waals surface area contributed by atoms with Gasteiger partial charge >= 0.3 is 0 Å². The molecule has 0 bridgehead atoms. The summed E-state index contributed by atoms with van der Waals surface area (Å²) in [5.74, 6) is 0.527. The Balaban J connectivity index is 1.65. The maximum Gasteiger partial charge on any atom is 0.250 e. The van der Waals surface area contributed by atoms with Crippen LogP contribution in [0.2, 0.25) is 0 Å². The van der Waals surface area contributed by atoms with Crippen LogP contribution in [-0.2, 0) is 4.79 Å². The predicted octanol–water partition coefficient (Wildman–Crippen LogP) is 5.23. The van der Waals surface area contributed by atoms with Crippen molar-refractivity contribution in [2.45, 2.75) is 0 Å². The van der Waals surface area contributed by atoms with Crippen molar-refractivity contribution in [3.05, 3.63) is 70.0 Å². The van der Waals surface area contributed by atoms with E-state index in [0.29, 0.717) is 5.13 Å². The number of hydrogen-bond acceptors (Lipinski definition) is 4. The highest BCUT2D eigenvalue weighted by Crippen LogP contribution is 2.26. The molecule has 4 nitrogen and oxygen atoms in total. The molecule has 0 unspecified atom stereocenters. The molecule has 6 heteroatoms. The van der Waals surface area contributed by atoms with Gasteiger partial charge in [-0.15, -0.1) is 11.3 Å². The van der Waals surface area contributed by atoms with Crippen molar-refractivity contribution in [3.8, 4) is 17.0 Å². The molecule has 1 heterocycles. The summed E-state index contributed by atoms with van der Waals surface area (Å²) in [5.41, 5.74) is 2.77. The van der Waals surface area contributed by atoms with E-state index in [1.54, 1.807) is 13.2 Å². The number of aromatic nitrogens is 1. The number of carbonyl (C=O) groups is 1. The lowest BCUT2D eigenvalue weighted by Gasteiger charge is -2.03. The van der Waals surface area contributed by atoms with Crippen LogP contribution in [-0.4, -0.2) is 18.0 Å². The number of anilines is 1. The summed E-state index contributed by atoms with van der Waals surface area (Å²) in [5, 5.41) is 5.28. The molecule has 1 N–H and O–H groups in total. The van der Waals surface area contributed by atoms with Crippen molar-refractivity contribution in [1.29, 1.82) is 0 Å². The van der Waals surface area contributed by atoms with Gasteiger partial charge in [-0.3, -0.25) is 10.1 Å². The highest BCUT2D eigenvalue weighted by atomic mass is 79.9. The number of amides is 1. The molecule has 1 aromatic heterocycles. The lowest BCUT2D eigenvalue weighted by molar-refractivity contribution is -0.111. The van der Waals surface area contributed by atoms with E-state index in [2.05, 4.69) is 26.2 Å². The summed E-state index contributed by atoms with van der Waals surface area (Å²) < 4.78 is 6.02. The van der Waals surface area contributed by atoms with Crippen LogP contribution in [0.5, 0.6) is 5.75 Å². The number of methoxy groups -OCH3 is 1. The Morgan fingerprint density at radius 2 is 2.04 bits per heavy atom. The molecule has 2 aromatic carbocycles. The summed E-state index contributed by atoms with van der Waals surface area (Å²) in [4.78, 5) is 16.5. The fourth-order valence-electron chi connectivity index (χ4n) is 2.18. The van der Waals surface area contributed by atoms with Gasteiger partial charge in [0.15, 0.2) is 5.13 Å². The minimum absolute atomic E-state index is 0.221. The number of hydrogen-bond donors (Lipinski definition) is 1. The van der Waals surface area contributed by atoms with E-state index >= 15 is 0 Å². The van der Waals surface area contributed by atoms with Crippen LogP contribution in [0.25, 0.3) is 17.3 Å². The summed E-state index contributed by atoms with van der Waals surface area (Å²) in [6, 6.07) is 15.5. The zero-order valence-electron chi connectivity index (χ0n) is 13.4. The predicted molar refractivity (Wildman–Crippen MR) is 106 cm³/mol. The molecule has 0 fully saturated rings. The van der Waals surface area contributed by atoms with Crippen LogP contribution in [0.4, 0.5) is 5.13 Å². The van der Waals surface area contributed by atoms with E-state index in [0.717, 1.165) is 27.0 Å². The van der Waals surface area contributed by atoms with E-state index < -0.39 is 0 Å². The monoisotopic (exact) mass is 414 g/mol. The fraction of sp³-hybridized carbons (Fsp3) is 0.0526. The van der Waals surface area contributed by atoms with E-state index in [1.165, 1.54) is 17.4 Å². The minimum Gasteiger partial charge on any atom is -0.496 e. The van der Waals surface area contributed by atoms with Crippen molar-refractivity contribution < 1.29 is 9.53 Å². The molecular formula is C19H15BrN2O2S. The molecule has 0 spiro atoms. The van der Waals surface area contributed by atoms with Gasteiger partial charge in [-0.2, -0.15) is 0 Å². The van der Waals surface area contributed by atoms with Gasteiger partial charge in [0.25, 0.3) is 0 Å². The van der Waals surface area contributed by atoms with Crippen LogP contribution in [0.15, 0.2) is 64.5 Å². The molecule has 0 saturated heterocycles. The number of nitrogens with zero attached hydrogens (tertiary/aromatic N) is 1. The highest BCUT2D eigenvalue weighted by Gasteiger charge is 2.06. The molecule has 1 amide bonds. The molecule has 0 radical (unpaired) electrons. The molecule has 126 valence electrons. The Kier molecular flexibility index (Phi) is 5.63. The number of ether oxygens (including phenoxy) is 1. The maximum atomic E-state index is 12.1. The van der Waals surface area contributed by atoms with Crippen LogP contribution in [0, 0.1) is 0 Å². The second-order valence-corrected chi connectivity index (χ2v) is 6.83. The van der Waals surface area contributed by atoms with Gasteiger partial charge in [0.1, 0.15) is 5.75 Å². The topological polar surface area (TPSA) is 51.2 Å². The van der Waals surface area contributed by atoms with E-state index in [1.807, 2.05) is 53.9 Å². The Labute approximate surface area is 158 Å². The quantitative estimate of drug-likeness (QED) is 0.581. The smallest absolute Gasteiger partial charge is 0.250 e. The van der Waals surface area contributed by atoms with Crippen LogP contribution in [0.3, 0.4) is 0 Å². The van der Waals surface area contributed by atoms with Crippen molar-refractivity contribution >= 4 is 44.4 Å². The molecule has 0 aliphatic rings. The van der Waals surface area contributed by atoms with Crippen LogP contribution in [0.1, 0.15) is 5.56 Å². The van der Waals surface area contributed by atoms with Crippen molar-refractivity contribution in [2.24, 2.45) is 0 Å². The first-order chi connectivity index (χ1) is 12.2. The normalized spacial score (nSPS) is 10.8. The van der Waals surface area contributed by atoms with E-state index in [4.69, 9.17) is 4.74 Å². The average molecular weight is 415 g/mol. The number of thiazole rings is 1. The van der Waals surface area contributed by atoms with Crippen molar-refractivity contribution in [3.63, 3.8) is 0 Å². The van der Waals surface area contributed by atoms with Crippen molar-refractivity contribution in [2.75, 3.05) is 12.4 Å². The number of halogens is 1. The zero-order chi connectivity index (χ0) is 17.6. The third-order valence-corrected chi connectivity index (χ3v) is 4.78. The standard InChI is InChI=1S/C19H15BrN2O2S/c1-24-17-9-7-13(11-15(17)20)8-10-18(23)22-19-21-16(12-25-19)14-5-3-2-4-6-14/h2-12H,1H3,(H,21,22,23). The van der Waals surface area contributed by atoms with Crippen molar-refractivity contribution in [1.82, 2.24) is 4.98 Å². The summed E-state index contributed by atoms with van der Waals surface area (Å²) in [6.45, 7) is 0. The fourth-order valence-corrected chi connectivity index (χ4v) is 3.46. The van der Waals surface area contributed by atoms with E-state index in [9.17, 15) is 4.79 Å². The summed E-state index contributed by atoms with van der Waals surface area (Å²) in [7, 11) is 1.61. The SMILES string of the molecule is COc1ccc(C=CC(=O)Nc2nc(-c3ccccc3)cs2)cc1Br. The lowest BCUT2D eigenvalue weighted by Crippen LogP contribution is -2.07. The molecule has 0 atom stereocenters. The van der Waals surface area contributed by atoms with Gasteiger partial charge in [0, 0.05) is 17.0 Å². The van der Waals surface area contributed by atoms with Crippen LogP contribution >= 0.6 is 27.3 Å². The first-order valence-electron chi connectivity index (χ1n) is 7.49. The Hall–Kier alpha value is -2.44. The Morgan fingerprint density at radius 1 is 1.24 bits per heavy atom. The second-order valence-electron chi connectivity index (χ2n) is 5.12. The number of rotatable bonds is 5. The average Bonchev–Trinajstić information content (AvgIpc) is 3.09. The van der Waals surface area contributed by atoms with Gasteiger partial charge in [-0.1, -0.05) is 36.4 Å². The zero-order valence-corrected chi connectivity index (χ0v) is 15.8. The molecule has 25 heavy (non-hydrogen) atoms. The first-order valence-corrected chi connectivity index (χ1v) is 9.16. The molecule has 0 aliphatic carbocycles.